The molecule has 0 bridgehead atoms. The van der Waals surface area contributed by atoms with Crippen molar-refractivity contribution < 1.29 is 9.13 Å². The molecule has 1 aliphatic carbocycles. The van der Waals surface area contributed by atoms with Crippen LogP contribution in [0, 0.1) is 5.82 Å². The van der Waals surface area contributed by atoms with Crippen LogP contribution in [0.1, 0.15) is 6.92 Å². The Bertz CT molecular complexity index is 1210. The number of hydrogen-bond acceptors (Lipinski definition) is 1. The maximum absolute atomic E-state index is 14.8. The van der Waals surface area contributed by atoms with E-state index in [0.717, 1.165) is 26.4 Å². The van der Waals surface area contributed by atoms with Gasteiger partial charge < -0.3 is 4.74 Å². The van der Waals surface area contributed by atoms with Gasteiger partial charge in [-0.3, -0.25) is 0 Å². The van der Waals surface area contributed by atoms with Crippen LogP contribution in [-0.4, -0.2) is 6.61 Å². The molecule has 5 rings (SSSR count). The summed E-state index contributed by atoms with van der Waals surface area (Å²) in [6, 6.07) is 21.7. The molecular formula is C24H16BrFO. The summed E-state index contributed by atoms with van der Waals surface area (Å²) >= 11 is 3.48. The fraction of sp³-hybridized carbons (Fsp3) is 0.0833. The van der Waals surface area contributed by atoms with E-state index in [0.29, 0.717) is 17.9 Å². The lowest BCUT2D eigenvalue weighted by Crippen LogP contribution is -1.97. The van der Waals surface area contributed by atoms with E-state index in [9.17, 15) is 4.39 Å². The Balaban J connectivity index is 1.94. The molecule has 1 nitrogen and oxygen atoms in total. The molecule has 1 aliphatic rings. The molecule has 0 aliphatic heterocycles. The number of benzene rings is 4. The third-order valence-corrected chi connectivity index (χ3v) is 5.62. The van der Waals surface area contributed by atoms with Crippen molar-refractivity contribution >= 4 is 26.7 Å². The first-order valence-corrected chi connectivity index (χ1v) is 9.76. The second-order valence-electron chi connectivity index (χ2n) is 6.63. The molecule has 0 aromatic heterocycles. The van der Waals surface area contributed by atoms with E-state index in [2.05, 4.69) is 58.4 Å². The first-order chi connectivity index (χ1) is 13.2. The van der Waals surface area contributed by atoms with Gasteiger partial charge in [-0.25, -0.2) is 4.39 Å². The summed E-state index contributed by atoms with van der Waals surface area (Å²) in [6.07, 6.45) is 0. The fourth-order valence-electron chi connectivity index (χ4n) is 4.08. The average molecular weight is 419 g/mol. The zero-order valence-corrected chi connectivity index (χ0v) is 16.3. The Hall–Kier alpha value is -2.65. The predicted molar refractivity (Wildman–Crippen MR) is 113 cm³/mol. The van der Waals surface area contributed by atoms with Crippen molar-refractivity contribution in [2.45, 2.75) is 6.92 Å². The van der Waals surface area contributed by atoms with Crippen molar-refractivity contribution in [1.82, 2.24) is 0 Å². The average Bonchev–Trinajstić information content (AvgIpc) is 3.00. The van der Waals surface area contributed by atoms with Gasteiger partial charge >= 0.3 is 0 Å². The van der Waals surface area contributed by atoms with E-state index < -0.39 is 0 Å². The molecule has 0 saturated carbocycles. The van der Waals surface area contributed by atoms with Gasteiger partial charge in [0.1, 0.15) is 11.6 Å². The zero-order chi connectivity index (χ0) is 18.5. The fourth-order valence-corrected chi connectivity index (χ4v) is 4.45. The molecule has 0 spiro atoms. The van der Waals surface area contributed by atoms with Crippen LogP contribution in [0.5, 0.6) is 5.75 Å². The number of rotatable bonds is 3. The molecule has 0 radical (unpaired) electrons. The molecule has 132 valence electrons. The predicted octanol–water partition coefficient (Wildman–Crippen LogP) is 7.45. The van der Waals surface area contributed by atoms with Crippen LogP contribution in [-0.2, 0) is 0 Å². The molecule has 0 N–H and O–H groups in total. The van der Waals surface area contributed by atoms with Gasteiger partial charge in [0.25, 0.3) is 0 Å². The molecule has 0 saturated heterocycles. The van der Waals surface area contributed by atoms with E-state index in [1.165, 1.54) is 22.8 Å². The van der Waals surface area contributed by atoms with E-state index >= 15 is 0 Å². The maximum atomic E-state index is 14.8. The minimum absolute atomic E-state index is 0.254. The molecule has 4 aromatic carbocycles. The van der Waals surface area contributed by atoms with Gasteiger partial charge in [-0.05, 0) is 64.2 Å². The lowest BCUT2D eigenvalue weighted by Gasteiger charge is -2.16. The molecule has 27 heavy (non-hydrogen) atoms. The van der Waals surface area contributed by atoms with Gasteiger partial charge in [-0.2, -0.15) is 0 Å². The van der Waals surface area contributed by atoms with Gasteiger partial charge in [0.15, 0.2) is 0 Å². The first kappa shape index (κ1) is 16.5. The third-order valence-electron chi connectivity index (χ3n) is 5.13. The molecule has 0 amide bonds. The van der Waals surface area contributed by atoms with Gasteiger partial charge in [0.05, 0.1) is 6.61 Å². The lowest BCUT2D eigenvalue weighted by atomic mass is 9.93. The Kier molecular flexibility index (Phi) is 3.80. The van der Waals surface area contributed by atoms with Crippen LogP contribution in [0.25, 0.3) is 44.2 Å². The molecule has 0 atom stereocenters. The Morgan fingerprint density at radius 1 is 0.815 bits per heavy atom. The van der Waals surface area contributed by atoms with Gasteiger partial charge in [0.2, 0.25) is 0 Å². The van der Waals surface area contributed by atoms with E-state index in [1.54, 1.807) is 6.07 Å². The van der Waals surface area contributed by atoms with Crippen molar-refractivity contribution in [1.29, 1.82) is 0 Å². The second-order valence-corrected chi connectivity index (χ2v) is 7.54. The van der Waals surface area contributed by atoms with Gasteiger partial charge in [-0.15, -0.1) is 0 Å². The molecule has 0 heterocycles. The normalized spacial score (nSPS) is 11.7. The van der Waals surface area contributed by atoms with E-state index in [-0.39, 0.29) is 5.82 Å². The monoisotopic (exact) mass is 418 g/mol. The Labute approximate surface area is 165 Å². The molecule has 4 aromatic rings. The Morgan fingerprint density at radius 3 is 2.33 bits per heavy atom. The largest absolute Gasteiger partial charge is 0.493 e. The van der Waals surface area contributed by atoms with Crippen molar-refractivity contribution in [2.24, 2.45) is 0 Å². The van der Waals surface area contributed by atoms with Crippen LogP contribution >= 0.6 is 15.9 Å². The number of halogens is 2. The highest BCUT2D eigenvalue weighted by Gasteiger charge is 2.26. The minimum Gasteiger partial charge on any atom is -0.493 e. The van der Waals surface area contributed by atoms with Gasteiger partial charge in [-0.1, -0.05) is 58.4 Å². The Morgan fingerprint density at radius 2 is 1.56 bits per heavy atom. The highest BCUT2D eigenvalue weighted by Crippen LogP contribution is 2.52. The smallest absolute Gasteiger partial charge is 0.131 e. The summed E-state index contributed by atoms with van der Waals surface area (Å²) in [5.74, 6) is 0.459. The van der Waals surface area contributed by atoms with Crippen LogP contribution in [0.3, 0.4) is 0 Å². The van der Waals surface area contributed by atoms with E-state index in [4.69, 9.17) is 4.74 Å². The van der Waals surface area contributed by atoms with Gasteiger partial charge in [0, 0.05) is 15.6 Å². The van der Waals surface area contributed by atoms with Crippen molar-refractivity contribution in [3.05, 3.63) is 77.0 Å². The summed E-state index contributed by atoms with van der Waals surface area (Å²) in [6.45, 7) is 2.48. The summed E-state index contributed by atoms with van der Waals surface area (Å²) in [7, 11) is 0. The number of ether oxygens (including phenoxy) is 1. The highest BCUT2D eigenvalue weighted by atomic mass is 79.9. The van der Waals surface area contributed by atoms with Crippen LogP contribution in [0.4, 0.5) is 4.39 Å². The third kappa shape index (κ3) is 2.42. The highest BCUT2D eigenvalue weighted by molar-refractivity contribution is 9.10. The molecule has 3 heteroatoms. The second kappa shape index (κ2) is 6.21. The molecular weight excluding hydrogens is 403 g/mol. The lowest BCUT2D eigenvalue weighted by molar-refractivity contribution is 0.342. The van der Waals surface area contributed by atoms with Crippen LogP contribution in [0.2, 0.25) is 0 Å². The van der Waals surface area contributed by atoms with Crippen LogP contribution in [0.15, 0.2) is 71.2 Å². The van der Waals surface area contributed by atoms with Crippen molar-refractivity contribution in [3.63, 3.8) is 0 Å². The topological polar surface area (TPSA) is 9.23 Å². The summed E-state index contributed by atoms with van der Waals surface area (Å²) in [5, 5.41) is 2.18. The SMILES string of the molecule is CCOc1cc2c3c(cccc3c1-c1cc(Br)ccc1F)-c1ccccc1-2. The molecule has 0 fully saturated rings. The van der Waals surface area contributed by atoms with Crippen molar-refractivity contribution in [2.75, 3.05) is 6.61 Å². The number of fused-ring (bicyclic) bond motifs is 3. The van der Waals surface area contributed by atoms with Crippen molar-refractivity contribution in [3.8, 4) is 39.1 Å². The summed E-state index contributed by atoms with van der Waals surface area (Å²) < 4.78 is 21.6. The first-order valence-electron chi connectivity index (χ1n) is 8.96. The quantitative estimate of drug-likeness (QED) is 0.295. The maximum Gasteiger partial charge on any atom is 0.131 e. The summed E-state index contributed by atoms with van der Waals surface area (Å²) in [5.41, 5.74) is 6.12. The van der Waals surface area contributed by atoms with Crippen LogP contribution < -0.4 is 4.74 Å². The zero-order valence-electron chi connectivity index (χ0n) is 14.7. The number of hydrogen-bond donors (Lipinski definition) is 0. The summed E-state index contributed by atoms with van der Waals surface area (Å²) in [4.78, 5) is 0. The van der Waals surface area contributed by atoms with E-state index in [1.807, 2.05) is 19.1 Å². The minimum atomic E-state index is -0.254. The standard InChI is InChI=1S/C24H16BrFO/c1-2-27-22-13-19-16-7-4-3-6-15(16)17-8-5-9-18(23(17)19)24(22)20-12-14(25)10-11-21(20)26/h3-13H,2H2,1H3. The molecule has 0 unspecified atom stereocenters.